The third kappa shape index (κ3) is 24.2. The Balaban J connectivity index is 0.00000133. The molecule has 0 aliphatic carbocycles. The molecule has 0 saturated carbocycles. The maximum absolute atomic E-state index is 10.4. The first-order chi connectivity index (χ1) is 19.8. The van der Waals surface area contributed by atoms with E-state index in [0.29, 0.717) is 0 Å². The Morgan fingerprint density at radius 3 is 1.56 bits per heavy atom. The van der Waals surface area contributed by atoms with Gasteiger partial charge in [-0.3, -0.25) is 20.3 Å². The minimum Gasteiger partial charge on any atom is -0.370 e. The van der Waals surface area contributed by atoms with Crippen LogP contribution in [0.3, 0.4) is 0 Å². The quantitative estimate of drug-likeness (QED) is 0.0463. The summed E-state index contributed by atoms with van der Waals surface area (Å²) in [5.41, 5.74) is 5.70. The second kappa shape index (κ2) is 26.7. The molecule has 0 saturated heterocycles. The van der Waals surface area contributed by atoms with E-state index in [-0.39, 0.29) is 10.9 Å². The van der Waals surface area contributed by atoms with E-state index in [1.807, 2.05) is 0 Å². The highest BCUT2D eigenvalue weighted by Gasteiger charge is 2.12. The molecule has 5 N–H and O–H groups in total. The highest BCUT2D eigenvalue weighted by atomic mass is 32.2. The van der Waals surface area contributed by atoms with Crippen LogP contribution < -0.4 is 11.1 Å². The maximum atomic E-state index is 10.4. The molecule has 0 heterocycles. The molecule has 0 spiro atoms. The number of nitrogens with zero attached hydrogens (tertiary/aromatic N) is 2. The molecule has 41 heavy (non-hydrogen) atoms. The summed E-state index contributed by atoms with van der Waals surface area (Å²) in [7, 11) is -4.00. The fourth-order valence-electron chi connectivity index (χ4n) is 4.50. The highest BCUT2D eigenvalue weighted by molar-refractivity contribution is 7.85. The van der Waals surface area contributed by atoms with Gasteiger partial charge in [0.15, 0.2) is 5.96 Å². The number of nitrogens with one attached hydrogen (secondary N) is 2. The summed E-state index contributed by atoms with van der Waals surface area (Å²) < 4.78 is 29.2. The SMILES string of the molecule is CCCCCCCCN=C(NC(=N)N)N(CCCCCCCC)CCCCCCCC.O=S(=O)(O)c1ccccc1. The van der Waals surface area contributed by atoms with Crippen molar-refractivity contribution in [2.45, 2.75) is 141 Å². The Morgan fingerprint density at radius 1 is 0.756 bits per heavy atom. The number of rotatable bonds is 22. The van der Waals surface area contributed by atoms with Gasteiger partial charge in [-0.05, 0) is 31.4 Å². The Bertz CT molecular complexity index is 863. The first-order valence-corrected chi connectivity index (χ1v) is 17.6. The molecular formula is C32H61N5O3S. The predicted octanol–water partition coefficient (Wildman–Crippen LogP) is 8.14. The van der Waals surface area contributed by atoms with Gasteiger partial charge < -0.3 is 10.6 Å². The van der Waals surface area contributed by atoms with Crippen LogP contribution in [0.5, 0.6) is 0 Å². The molecule has 0 bridgehead atoms. The van der Waals surface area contributed by atoms with Gasteiger partial charge in [0.1, 0.15) is 0 Å². The van der Waals surface area contributed by atoms with Gasteiger partial charge in [-0.15, -0.1) is 0 Å². The largest absolute Gasteiger partial charge is 0.370 e. The maximum Gasteiger partial charge on any atom is 0.294 e. The first-order valence-electron chi connectivity index (χ1n) is 16.2. The molecule has 1 rings (SSSR count). The Hall–Kier alpha value is -2.13. The molecule has 0 fully saturated rings. The highest BCUT2D eigenvalue weighted by Crippen LogP contribution is 2.10. The molecule has 8 nitrogen and oxygen atoms in total. The van der Waals surface area contributed by atoms with Crippen LogP contribution in [0.2, 0.25) is 0 Å². The van der Waals surface area contributed by atoms with E-state index in [9.17, 15) is 8.42 Å². The lowest BCUT2D eigenvalue weighted by Crippen LogP contribution is -2.47. The summed E-state index contributed by atoms with van der Waals surface area (Å²) in [6.07, 6.45) is 23.2. The van der Waals surface area contributed by atoms with Crippen molar-refractivity contribution >= 4 is 22.0 Å². The zero-order chi connectivity index (χ0) is 30.6. The second-order valence-electron chi connectivity index (χ2n) is 10.8. The summed E-state index contributed by atoms with van der Waals surface area (Å²) in [5.74, 6) is 0.820. The van der Waals surface area contributed by atoms with E-state index in [4.69, 9.17) is 20.7 Å². The molecule has 9 heteroatoms. The number of unbranched alkanes of at least 4 members (excludes halogenated alkanes) is 15. The monoisotopic (exact) mass is 595 g/mol. The van der Waals surface area contributed by atoms with Crippen LogP contribution in [0.1, 0.15) is 136 Å². The van der Waals surface area contributed by atoms with Crippen LogP contribution >= 0.6 is 0 Å². The smallest absolute Gasteiger partial charge is 0.294 e. The standard InChI is InChI=1S/C26H55N5.C6H6O3S/c1-4-7-10-13-16-19-22-29-26(30-25(27)28)31(23-20-17-14-11-8-5-2)24-21-18-15-12-9-6-3;7-10(8,9)6-4-2-1-3-5-6/h4-24H2,1-3H3,(H4,27,28,29,30);1-5H,(H,7,8,9). The van der Waals surface area contributed by atoms with Crippen LogP contribution in [0, 0.1) is 5.41 Å². The van der Waals surface area contributed by atoms with Gasteiger partial charge in [-0.1, -0.05) is 135 Å². The number of guanidine groups is 2. The Kier molecular flexibility index (Phi) is 25.4. The van der Waals surface area contributed by atoms with Gasteiger partial charge in [0.05, 0.1) is 4.90 Å². The van der Waals surface area contributed by atoms with Crippen LogP contribution in [0.4, 0.5) is 0 Å². The zero-order valence-corrected chi connectivity index (χ0v) is 27.2. The molecule has 1 aromatic rings. The van der Waals surface area contributed by atoms with Crippen molar-refractivity contribution in [1.29, 1.82) is 5.41 Å². The van der Waals surface area contributed by atoms with Gasteiger partial charge in [-0.25, -0.2) is 0 Å². The number of hydrogen-bond donors (Lipinski definition) is 4. The summed E-state index contributed by atoms with van der Waals surface area (Å²) >= 11 is 0. The van der Waals surface area contributed by atoms with Crippen molar-refractivity contribution in [2.24, 2.45) is 10.7 Å². The Labute approximate surface area is 252 Å². The number of aliphatic imine (C=N–C) groups is 1. The van der Waals surface area contributed by atoms with Gasteiger partial charge >= 0.3 is 0 Å². The zero-order valence-electron chi connectivity index (χ0n) is 26.4. The van der Waals surface area contributed by atoms with E-state index in [1.165, 1.54) is 121 Å². The summed E-state index contributed by atoms with van der Waals surface area (Å²) in [4.78, 5) is 7.13. The summed E-state index contributed by atoms with van der Waals surface area (Å²) in [5, 5.41) is 10.8. The molecular weight excluding hydrogens is 534 g/mol. The molecule has 0 aromatic heterocycles. The van der Waals surface area contributed by atoms with Crippen molar-refractivity contribution in [2.75, 3.05) is 19.6 Å². The molecule has 0 unspecified atom stereocenters. The molecule has 0 radical (unpaired) electrons. The van der Waals surface area contributed by atoms with E-state index < -0.39 is 10.1 Å². The van der Waals surface area contributed by atoms with E-state index in [2.05, 4.69) is 31.0 Å². The minimum atomic E-state index is -4.00. The lowest BCUT2D eigenvalue weighted by molar-refractivity contribution is 0.375. The second-order valence-corrected chi connectivity index (χ2v) is 12.2. The third-order valence-electron chi connectivity index (χ3n) is 6.92. The van der Waals surface area contributed by atoms with Gasteiger partial charge in [0.2, 0.25) is 5.96 Å². The van der Waals surface area contributed by atoms with Crippen molar-refractivity contribution in [3.63, 3.8) is 0 Å². The predicted molar refractivity (Wildman–Crippen MR) is 175 cm³/mol. The van der Waals surface area contributed by atoms with Gasteiger partial charge in [-0.2, -0.15) is 8.42 Å². The summed E-state index contributed by atoms with van der Waals surface area (Å²) in [6, 6.07) is 7.42. The van der Waals surface area contributed by atoms with Crippen molar-refractivity contribution in [1.82, 2.24) is 10.2 Å². The average molecular weight is 596 g/mol. The van der Waals surface area contributed by atoms with Crippen LogP contribution in [-0.2, 0) is 10.1 Å². The topological polar surface area (TPSA) is 132 Å². The summed E-state index contributed by atoms with van der Waals surface area (Å²) in [6.45, 7) is 9.63. The number of hydrogen-bond acceptors (Lipinski definition) is 4. The first kappa shape index (κ1) is 38.9. The fraction of sp³-hybridized carbons (Fsp3) is 0.750. The molecule has 0 aliphatic rings. The van der Waals surface area contributed by atoms with E-state index >= 15 is 0 Å². The van der Waals surface area contributed by atoms with Crippen LogP contribution in [0.25, 0.3) is 0 Å². The van der Waals surface area contributed by atoms with E-state index in [0.717, 1.165) is 32.0 Å². The number of nitrogens with two attached hydrogens (primary N) is 1. The van der Waals surface area contributed by atoms with Crippen molar-refractivity contribution < 1.29 is 13.0 Å². The van der Waals surface area contributed by atoms with Gasteiger partial charge in [0, 0.05) is 19.6 Å². The molecule has 0 amide bonds. The van der Waals surface area contributed by atoms with E-state index in [1.54, 1.807) is 18.2 Å². The lowest BCUT2D eigenvalue weighted by Gasteiger charge is -2.27. The average Bonchev–Trinajstić information content (AvgIpc) is 2.94. The molecule has 1 aromatic carbocycles. The number of benzene rings is 1. The van der Waals surface area contributed by atoms with Crippen molar-refractivity contribution in [3.05, 3.63) is 30.3 Å². The normalized spacial score (nSPS) is 11.6. The lowest BCUT2D eigenvalue weighted by atomic mass is 10.1. The Morgan fingerprint density at radius 2 is 1.17 bits per heavy atom. The minimum absolute atomic E-state index is 0.00223. The molecule has 238 valence electrons. The molecule has 0 aliphatic heterocycles. The third-order valence-corrected chi connectivity index (χ3v) is 7.79. The van der Waals surface area contributed by atoms with Crippen LogP contribution in [0.15, 0.2) is 40.2 Å². The van der Waals surface area contributed by atoms with Crippen molar-refractivity contribution in [3.8, 4) is 0 Å². The van der Waals surface area contributed by atoms with Gasteiger partial charge in [0.25, 0.3) is 10.1 Å². The fourth-order valence-corrected chi connectivity index (χ4v) is 5.00. The molecule has 0 atom stereocenters. The van der Waals surface area contributed by atoms with Crippen LogP contribution in [-0.4, -0.2) is 49.4 Å².